The number of hydrogen-bond acceptors (Lipinski definition) is 7. The third kappa shape index (κ3) is 2.43. The van der Waals surface area contributed by atoms with E-state index in [4.69, 9.17) is 5.11 Å². The Balaban J connectivity index is 2.57. The normalized spacial score (nSPS) is 19.3. The van der Waals surface area contributed by atoms with Gasteiger partial charge in [0, 0.05) is 0 Å². The number of hydrogen-bond donors (Lipinski definition) is 2. The summed E-state index contributed by atoms with van der Waals surface area (Å²) in [6.45, 7) is 2.08. The highest BCUT2D eigenvalue weighted by molar-refractivity contribution is 7.91. The number of carbonyl (C=O) groups is 3. The minimum atomic E-state index is -4.34. The molecule has 0 unspecified atom stereocenters. The van der Waals surface area contributed by atoms with Gasteiger partial charge in [0.2, 0.25) is 11.8 Å². The van der Waals surface area contributed by atoms with E-state index in [9.17, 15) is 22.8 Å². The van der Waals surface area contributed by atoms with Crippen LogP contribution in [-0.2, 0) is 19.6 Å². The summed E-state index contributed by atoms with van der Waals surface area (Å²) in [5.74, 6) is -3.05. The molecule has 0 bridgehead atoms. The quantitative estimate of drug-likeness (QED) is 0.696. The van der Waals surface area contributed by atoms with Crippen LogP contribution >= 0.6 is 11.3 Å². The first kappa shape index (κ1) is 15.5. The van der Waals surface area contributed by atoms with Crippen LogP contribution in [0.1, 0.15) is 24.3 Å². The van der Waals surface area contributed by atoms with Gasteiger partial charge in [-0.2, -0.15) is 4.31 Å². The molecule has 0 atom stereocenters. The molecule has 0 aliphatic carbocycles. The fraction of sp³-hybridized carbons (Fsp3) is 0.400. The SMILES string of the molecule is CC1(C)C(=O)NC(=O)CN1S(=O)(=O)c1scnc1C(=O)O. The van der Waals surface area contributed by atoms with Gasteiger partial charge in [-0.15, -0.1) is 11.3 Å². The van der Waals surface area contributed by atoms with Crippen molar-refractivity contribution in [3.8, 4) is 0 Å². The van der Waals surface area contributed by atoms with E-state index in [0.29, 0.717) is 15.6 Å². The van der Waals surface area contributed by atoms with Crippen molar-refractivity contribution < 1.29 is 27.9 Å². The zero-order valence-electron chi connectivity index (χ0n) is 11.0. The summed E-state index contributed by atoms with van der Waals surface area (Å²) in [5.41, 5.74) is -1.07. The molecule has 1 aliphatic rings. The van der Waals surface area contributed by atoms with Gasteiger partial charge in [-0.05, 0) is 13.8 Å². The molecule has 0 saturated carbocycles. The molecule has 9 nitrogen and oxygen atoms in total. The van der Waals surface area contributed by atoms with Gasteiger partial charge in [0.15, 0.2) is 9.90 Å². The fourth-order valence-electron chi connectivity index (χ4n) is 1.81. The van der Waals surface area contributed by atoms with Gasteiger partial charge in [-0.3, -0.25) is 14.9 Å². The minimum Gasteiger partial charge on any atom is -0.476 e. The van der Waals surface area contributed by atoms with E-state index in [1.165, 1.54) is 13.8 Å². The molecule has 0 spiro atoms. The highest BCUT2D eigenvalue weighted by Crippen LogP contribution is 2.30. The lowest BCUT2D eigenvalue weighted by Crippen LogP contribution is -2.65. The number of nitrogens with one attached hydrogen (secondary N) is 1. The van der Waals surface area contributed by atoms with Crippen molar-refractivity contribution >= 4 is 39.1 Å². The monoisotopic (exact) mass is 333 g/mol. The number of carboxylic acid groups (broad SMARTS) is 1. The van der Waals surface area contributed by atoms with Gasteiger partial charge in [0.1, 0.15) is 5.54 Å². The fourth-order valence-corrected chi connectivity index (χ4v) is 4.75. The summed E-state index contributed by atoms with van der Waals surface area (Å²) >= 11 is 0.617. The first-order valence-electron chi connectivity index (χ1n) is 5.62. The van der Waals surface area contributed by atoms with Crippen molar-refractivity contribution in [3.05, 3.63) is 11.2 Å². The van der Waals surface area contributed by atoms with E-state index in [1.54, 1.807) is 0 Å². The summed E-state index contributed by atoms with van der Waals surface area (Å²) in [7, 11) is -4.34. The lowest BCUT2D eigenvalue weighted by Gasteiger charge is -2.38. The number of piperazine rings is 1. The van der Waals surface area contributed by atoms with Crippen LogP contribution in [0, 0.1) is 0 Å². The molecule has 1 aliphatic heterocycles. The van der Waals surface area contributed by atoms with Crippen LogP contribution in [0.15, 0.2) is 9.72 Å². The van der Waals surface area contributed by atoms with E-state index < -0.39 is 49.8 Å². The molecule has 1 aromatic heterocycles. The molecule has 1 aromatic rings. The van der Waals surface area contributed by atoms with E-state index in [-0.39, 0.29) is 0 Å². The Kier molecular flexibility index (Phi) is 3.59. The van der Waals surface area contributed by atoms with Crippen molar-refractivity contribution in [2.24, 2.45) is 0 Å². The zero-order valence-corrected chi connectivity index (χ0v) is 12.6. The maximum absolute atomic E-state index is 12.6. The van der Waals surface area contributed by atoms with Crippen LogP contribution < -0.4 is 5.32 Å². The number of carbonyl (C=O) groups excluding carboxylic acids is 2. The van der Waals surface area contributed by atoms with Crippen LogP contribution in [0.2, 0.25) is 0 Å². The molecule has 2 rings (SSSR count). The van der Waals surface area contributed by atoms with Gasteiger partial charge < -0.3 is 5.11 Å². The molecule has 2 amide bonds. The van der Waals surface area contributed by atoms with Crippen molar-refractivity contribution in [1.29, 1.82) is 0 Å². The lowest BCUT2D eigenvalue weighted by atomic mass is 10.0. The number of amides is 2. The Labute approximate surface area is 123 Å². The largest absolute Gasteiger partial charge is 0.476 e. The summed E-state index contributed by atoms with van der Waals surface area (Å²) < 4.78 is 25.3. The van der Waals surface area contributed by atoms with Crippen LogP contribution in [0.3, 0.4) is 0 Å². The standard InChI is InChI=1S/C10H11N3O6S2/c1-10(2)9(17)12-5(14)3-13(10)21(18,19)8-6(7(15)16)11-4-20-8/h4H,3H2,1-2H3,(H,15,16)(H,12,14,17). The lowest BCUT2D eigenvalue weighted by molar-refractivity contribution is -0.141. The Morgan fingerprint density at radius 3 is 2.67 bits per heavy atom. The van der Waals surface area contributed by atoms with E-state index in [1.807, 2.05) is 5.32 Å². The second-order valence-electron chi connectivity index (χ2n) is 4.74. The number of thiazole rings is 1. The molecule has 0 aromatic carbocycles. The number of aromatic nitrogens is 1. The van der Waals surface area contributed by atoms with Crippen molar-refractivity contribution in [2.75, 3.05) is 6.54 Å². The number of aromatic carboxylic acids is 1. The van der Waals surface area contributed by atoms with Crippen molar-refractivity contribution in [1.82, 2.24) is 14.6 Å². The van der Waals surface area contributed by atoms with Gasteiger partial charge in [0.25, 0.3) is 10.0 Å². The smallest absolute Gasteiger partial charge is 0.356 e. The topological polar surface area (TPSA) is 134 Å². The molecule has 2 heterocycles. The molecule has 1 fully saturated rings. The average molecular weight is 333 g/mol. The van der Waals surface area contributed by atoms with Crippen molar-refractivity contribution in [2.45, 2.75) is 23.6 Å². The molecule has 1 saturated heterocycles. The molecular weight excluding hydrogens is 322 g/mol. The number of carboxylic acids is 1. The first-order chi connectivity index (χ1) is 9.58. The van der Waals surface area contributed by atoms with Crippen molar-refractivity contribution in [3.63, 3.8) is 0 Å². The average Bonchev–Trinajstić information content (AvgIpc) is 2.83. The summed E-state index contributed by atoms with van der Waals surface area (Å²) in [6, 6.07) is 0. The van der Waals surface area contributed by atoms with Crippen LogP contribution in [0.25, 0.3) is 0 Å². The van der Waals surface area contributed by atoms with Gasteiger partial charge in [-0.25, -0.2) is 18.2 Å². The molecule has 2 N–H and O–H groups in total. The molecule has 114 valence electrons. The molecule has 0 radical (unpaired) electrons. The zero-order chi connectivity index (χ0) is 16.0. The minimum absolute atomic E-state index is 0.509. The van der Waals surface area contributed by atoms with Gasteiger partial charge in [-0.1, -0.05) is 0 Å². The highest BCUT2D eigenvalue weighted by Gasteiger charge is 2.49. The number of imide groups is 1. The Hall–Kier alpha value is -1.85. The predicted molar refractivity (Wildman–Crippen MR) is 70.2 cm³/mol. The van der Waals surface area contributed by atoms with Gasteiger partial charge >= 0.3 is 5.97 Å². The summed E-state index contributed by atoms with van der Waals surface area (Å²) in [6.07, 6.45) is 0. The molecule has 21 heavy (non-hydrogen) atoms. The highest BCUT2D eigenvalue weighted by atomic mass is 32.2. The summed E-state index contributed by atoms with van der Waals surface area (Å²) in [4.78, 5) is 37.8. The third-order valence-corrected chi connectivity index (χ3v) is 6.35. The van der Waals surface area contributed by atoms with Crippen LogP contribution in [0.5, 0.6) is 0 Å². The third-order valence-electron chi connectivity index (χ3n) is 2.98. The Bertz CT molecular complexity index is 736. The number of rotatable bonds is 3. The Morgan fingerprint density at radius 1 is 1.48 bits per heavy atom. The second-order valence-corrected chi connectivity index (χ2v) is 7.65. The predicted octanol–water partition coefficient (Wildman–Crippen LogP) is -0.733. The van der Waals surface area contributed by atoms with Crippen LogP contribution in [0.4, 0.5) is 0 Å². The van der Waals surface area contributed by atoms with Gasteiger partial charge in [0.05, 0.1) is 12.1 Å². The number of nitrogens with zero attached hydrogens (tertiary/aromatic N) is 2. The van der Waals surface area contributed by atoms with Crippen LogP contribution in [-0.4, -0.2) is 52.7 Å². The Morgan fingerprint density at radius 2 is 2.10 bits per heavy atom. The molecular formula is C10H11N3O6S2. The maximum Gasteiger partial charge on any atom is 0.356 e. The first-order valence-corrected chi connectivity index (χ1v) is 7.94. The summed E-state index contributed by atoms with van der Waals surface area (Å²) in [5, 5.41) is 11.0. The van der Waals surface area contributed by atoms with E-state index >= 15 is 0 Å². The van der Waals surface area contributed by atoms with E-state index in [0.717, 1.165) is 5.51 Å². The van der Waals surface area contributed by atoms with E-state index in [2.05, 4.69) is 4.98 Å². The maximum atomic E-state index is 12.6. The number of sulfonamides is 1. The molecule has 11 heteroatoms. The second kappa shape index (κ2) is 4.86.